The lowest BCUT2D eigenvalue weighted by molar-refractivity contribution is 0.0692. The average Bonchev–Trinajstić information content (AvgIpc) is 2.52. The highest BCUT2D eigenvalue weighted by Crippen LogP contribution is 2.23. The summed E-state index contributed by atoms with van der Waals surface area (Å²) in [7, 11) is -3.94. The van der Waals surface area contributed by atoms with Gasteiger partial charge in [-0.25, -0.2) is 17.8 Å². The molecule has 0 saturated carbocycles. The first kappa shape index (κ1) is 18.8. The molecule has 0 aliphatic carbocycles. The highest BCUT2D eigenvalue weighted by Gasteiger charge is 2.22. The van der Waals surface area contributed by atoms with E-state index in [9.17, 15) is 22.7 Å². The second-order valence-electron chi connectivity index (χ2n) is 6.06. The zero-order valence-electron chi connectivity index (χ0n) is 13.7. The number of hydrogen-bond acceptors (Lipinski definition) is 6. The van der Waals surface area contributed by atoms with Gasteiger partial charge in [-0.1, -0.05) is 0 Å². The number of rotatable bonds is 5. The zero-order valence-corrected chi connectivity index (χ0v) is 14.5. The molecule has 9 heteroatoms. The van der Waals surface area contributed by atoms with Crippen molar-refractivity contribution < 1.29 is 22.7 Å². The summed E-state index contributed by atoms with van der Waals surface area (Å²) in [5.41, 5.74) is 4.36. The van der Waals surface area contributed by atoms with E-state index >= 15 is 0 Å². The molecule has 0 fully saturated rings. The number of aliphatic hydroxyl groups is 1. The molecule has 25 heavy (non-hydrogen) atoms. The molecule has 0 unspecified atom stereocenters. The molecule has 1 heterocycles. The van der Waals surface area contributed by atoms with Crippen molar-refractivity contribution >= 4 is 21.4 Å². The Bertz CT molecular complexity index is 891. The summed E-state index contributed by atoms with van der Waals surface area (Å²) in [5, 5.41) is 12.1. The molecule has 4 N–H and O–H groups in total. The number of nitrogen functional groups attached to an aromatic ring is 1. The number of benzene rings is 1. The van der Waals surface area contributed by atoms with Crippen molar-refractivity contribution in [2.45, 2.75) is 29.2 Å². The minimum Gasteiger partial charge on any atom is -0.397 e. The highest BCUT2D eigenvalue weighted by molar-refractivity contribution is 7.91. The summed E-state index contributed by atoms with van der Waals surface area (Å²) in [4.78, 5) is 15.5. The van der Waals surface area contributed by atoms with Crippen LogP contribution in [-0.2, 0) is 9.84 Å². The Kier molecular flexibility index (Phi) is 5.09. The van der Waals surface area contributed by atoms with Gasteiger partial charge in [-0.2, -0.15) is 0 Å². The normalized spacial score (nSPS) is 12.0. The Morgan fingerprint density at radius 2 is 1.88 bits per heavy atom. The van der Waals surface area contributed by atoms with Crippen LogP contribution < -0.4 is 11.1 Å². The highest BCUT2D eigenvalue weighted by atomic mass is 32.2. The van der Waals surface area contributed by atoms with E-state index < -0.39 is 27.2 Å². The van der Waals surface area contributed by atoms with E-state index in [2.05, 4.69) is 10.3 Å². The Hall–Kier alpha value is -2.52. The van der Waals surface area contributed by atoms with Gasteiger partial charge in [0.25, 0.3) is 5.91 Å². The number of hydrogen-bond donors (Lipinski definition) is 3. The van der Waals surface area contributed by atoms with Gasteiger partial charge in [0.05, 0.1) is 21.1 Å². The van der Waals surface area contributed by atoms with Crippen molar-refractivity contribution in [2.24, 2.45) is 0 Å². The number of aromatic nitrogens is 1. The maximum Gasteiger partial charge on any atom is 0.272 e. The Labute approximate surface area is 144 Å². The number of pyridine rings is 1. The minimum absolute atomic E-state index is 0.0252. The first-order valence-electron chi connectivity index (χ1n) is 7.27. The third-order valence-corrected chi connectivity index (χ3v) is 4.96. The van der Waals surface area contributed by atoms with Crippen molar-refractivity contribution in [1.29, 1.82) is 0 Å². The number of sulfone groups is 1. The number of carbonyl (C=O) groups is 1. The van der Waals surface area contributed by atoms with E-state index in [-0.39, 0.29) is 27.7 Å². The van der Waals surface area contributed by atoms with Gasteiger partial charge >= 0.3 is 0 Å². The zero-order chi connectivity index (χ0) is 18.8. The minimum atomic E-state index is -3.94. The third kappa shape index (κ3) is 4.52. The van der Waals surface area contributed by atoms with Crippen LogP contribution >= 0.6 is 0 Å². The summed E-state index contributed by atoms with van der Waals surface area (Å²) in [6, 6.07) is 5.44. The molecule has 0 saturated heterocycles. The van der Waals surface area contributed by atoms with Gasteiger partial charge in [-0.15, -0.1) is 0 Å². The van der Waals surface area contributed by atoms with Crippen LogP contribution in [0.4, 0.5) is 10.1 Å². The number of nitrogens with one attached hydrogen (secondary N) is 1. The lowest BCUT2D eigenvalue weighted by Crippen LogP contribution is -2.38. The summed E-state index contributed by atoms with van der Waals surface area (Å²) in [6.45, 7) is 3.01. The van der Waals surface area contributed by atoms with Crippen LogP contribution in [0.2, 0.25) is 0 Å². The summed E-state index contributed by atoms with van der Waals surface area (Å²) >= 11 is 0. The predicted octanol–water partition coefficient (Wildman–Crippen LogP) is 1.14. The monoisotopic (exact) mass is 367 g/mol. The fourth-order valence-corrected chi connectivity index (χ4v) is 3.17. The van der Waals surface area contributed by atoms with Crippen LogP contribution in [0, 0.1) is 5.82 Å². The van der Waals surface area contributed by atoms with Crippen LogP contribution in [0.5, 0.6) is 0 Å². The number of nitrogens with two attached hydrogens (primary N) is 1. The molecule has 0 spiro atoms. The summed E-state index contributed by atoms with van der Waals surface area (Å²) in [5.74, 6) is -1.19. The maximum atomic E-state index is 13.0. The number of amides is 1. The van der Waals surface area contributed by atoms with Crippen molar-refractivity contribution in [3.63, 3.8) is 0 Å². The second-order valence-corrected chi connectivity index (χ2v) is 8.01. The Balaban J connectivity index is 2.30. The predicted molar refractivity (Wildman–Crippen MR) is 89.1 cm³/mol. The van der Waals surface area contributed by atoms with E-state index in [0.717, 1.165) is 36.5 Å². The number of anilines is 1. The molecule has 134 valence electrons. The van der Waals surface area contributed by atoms with E-state index in [4.69, 9.17) is 5.73 Å². The standard InChI is InChI=1S/C16H18FN3O4S/c1-16(2,22)9-20-15(21)14-13(18)7-12(8-19-14)25(23,24)11-5-3-10(17)4-6-11/h3-8,22H,9,18H2,1-2H3,(H,20,21). The fraction of sp³-hybridized carbons (Fsp3) is 0.250. The van der Waals surface area contributed by atoms with Crippen LogP contribution in [0.1, 0.15) is 24.3 Å². The summed E-state index contributed by atoms with van der Waals surface area (Å²) in [6.07, 6.45) is 1.01. The number of halogens is 1. The molecular formula is C16H18FN3O4S. The first-order chi connectivity index (χ1) is 11.5. The molecule has 2 aromatic rings. The quantitative estimate of drug-likeness (QED) is 0.681. The lowest BCUT2D eigenvalue weighted by atomic mass is 10.1. The average molecular weight is 367 g/mol. The SMILES string of the molecule is CC(C)(O)CNC(=O)c1ncc(S(=O)(=O)c2ccc(F)cc2)cc1N. The smallest absolute Gasteiger partial charge is 0.272 e. The van der Waals surface area contributed by atoms with Crippen molar-refractivity contribution in [3.8, 4) is 0 Å². The number of carbonyl (C=O) groups excluding carboxylic acids is 1. The van der Waals surface area contributed by atoms with E-state index in [1.54, 1.807) is 0 Å². The fourth-order valence-electron chi connectivity index (χ4n) is 1.93. The van der Waals surface area contributed by atoms with Crippen LogP contribution in [0.3, 0.4) is 0 Å². The van der Waals surface area contributed by atoms with E-state index in [1.807, 2.05) is 0 Å². The molecule has 0 atom stereocenters. The van der Waals surface area contributed by atoms with Crippen LogP contribution in [0.15, 0.2) is 46.3 Å². The van der Waals surface area contributed by atoms with Gasteiger partial charge in [-0.05, 0) is 44.2 Å². The molecule has 1 amide bonds. The van der Waals surface area contributed by atoms with Gasteiger partial charge in [-0.3, -0.25) is 4.79 Å². The van der Waals surface area contributed by atoms with Crippen LogP contribution in [-0.4, -0.2) is 36.6 Å². The van der Waals surface area contributed by atoms with E-state index in [1.165, 1.54) is 13.8 Å². The molecule has 0 aliphatic heterocycles. The van der Waals surface area contributed by atoms with Crippen molar-refractivity contribution in [1.82, 2.24) is 10.3 Å². The molecule has 1 aromatic heterocycles. The van der Waals surface area contributed by atoms with Crippen molar-refractivity contribution in [2.75, 3.05) is 12.3 Å². The molecule has 0 aliphatic rings. The largest absolute Gasteiger partial charge is 0.397 e. The van der Waals surface area contributed by atoms with Gasteiger partial charge in [0.2, 0.25) is 9.84 Å². The molecule has 2 rings (SSSR count). The lowest BCUT2D eigenvalue weighted by Gasteiger charge is -2.17. The van der Waals surface area contributed by atoms with Crippen LogP contribution in [0.25, 0.3) is 0 Å². The molecule has 0 radical (unpaired) electrons. The molecule has 7 nitrogen and oxygen atoms in total. The van der Waals surface area contributed by atoms with Gasteiger partial charge < -0.3 is 16.2 Å². The third-order valence-electron chi connectivity index (χ3n) is 3.22. The van der Waals surface area contributed by atoms with E-state index in [0.29, 0.717) is 0 Å². The molecular weight excluding hydrogens is 349 g/mol. The summed E-state index contributed by atoms with van der Waals surface area (Å²) < 4.78 is 37.9. The molecule has 0 bridgehead atoms. The molecule has 1 aromatic carbocycles. The number of nitrogens with zero attached hydrogens (tertiary/aromatic N) is 1. The Morgan fingerprint density at radius 3 is 2.40 bits per heavy atom. The van der Waals surface area contributed by atoms with Gasteiger partial charge in [0.15, 0.2) is 5.69 Å². The maximum absolute atomic E-state index is 13.0. The second kappa shape index (κ2) is 6.77. The van der Waals surface area contributed by atoms with Crippen molar-refractivity contribution in [3.05, 3.63) is 48.0 Å². The van der Waals surface area contributed by atoms with Gasteiger partial charge in [0.1, 0.15) is 5.82 Å². The topological polar surface area (TPSA) is 122 Å². The van der Waals surface area contributed by atoms with Gasteiger partial charge in [0, 0.05) is 12.7 Å². The Morgan fingerprint density at radius 1 is 1.28 bits per heavy atom. The first-order valence-corrected chi connectivity index (χ1v) is 8.76.